The second-order valence-electron chi connectivity index (χ2n) is 6.30. The van der Waals surface area contributed by atoms with Gasteiger partial charge in [-0.3, -0.25) is 4.79 Å². The minimum atomic E-state index is 0.136. The molecule has 1 aliphatic rings. The summed E-state index contributed by atoms with van der Waals surface area (Å²) < 4.78 is 5.92. The minimum Gasteiger partial charge on any atom is -0.474 e. The molecule has 0 aliphatic carbocycles. The summed E-state index contributed by atoms with van der Waals surface area (Å²) in [7, 11) is 0. The molecule has 0 unspecified atom stereocenters. The highest BCUT2D eigenvalue weighted by Crippen LogP contribution is 2.17. The van der Waals surface area contributed by atoms with Gasteiger partial charge < -0.3 is 15.0 Å². The molecule has 5 nitrogen and oxygen atoms in total. The number of hydrogen-bond donors (Lipinski definition) is 1. The number of amides is 1. The van der Waals surface area contributed by atoms with Crippen LogP contribution in [0, 0.1) is 6.92 Å². The molecule has 0 bridgehead atoms. The van der Waals surface area contributed by atoms with Gasteiger partial charge in [-0.1, -0.05) is 6.07 Å². The first-order valence-electron chi connectivity index (χ1n) is 8.14. The molecule has 22 heavy (non-hydrogen) atoms. The summed E-state index contributed by atoms with van der Waals surface area (Å²) in [6.07, 6.45) is 4.61. The molecular weight excluding hydrogens is 278 g/mol. The van der Waals surface area contributed by atoms with Crippen LogP contribution >= 0.6 is 0 Å². The molecule has 2 heterocycles. The number of pyridine rings is 1. The maximum Gasteiger partial charge on any atom is 0.221 e. The molecule has 0 aromatic carbocycles. The van der Waals surface area contributed by atoms with Crippen LogP contribution < -0.4 is 10.1 Å². The molecule has 1 aromatic heterocycles. The molecule has 1 N–H and O–H groups in total. The largest absolute Gasteiger partial charge is 0.474 e. The smallest absolute Gasteiger partial charge is 0.221 e. The van der Waals surface area contributed by atoms with E-state index >= 15 is 0 Å². The number of nitrogens with one attached hydrogen (secondary N) is 1. The number of piperidine rings is 1. The topological polar surface area (TPSA) is 54.5 Å². The second-order valence-corrected chi connectivity index (χ2v) is 6.30. The Morgan fingerprint density at radius 1 is 1.41 bits per heavy atom. The molecule has 1 amide bonds. The molecule has 1 aliphatic heterocycles. The summed E-state index contributed by atoms with van der Waals surface area (Å²) in [4.78, 5) is 18.3. The third-order valence-electron chi connectivity index (χ3n) is 3.81. The Bertz CT molecular complexity index is 465. The number of likely N-dealkylation sites (tertiary alicyclic amines) is 1. The number of ether oxygens (including phenoxy) is 1. The van der Waals surface area contributed by atoms with Crippen LogP contribution in [0.5, 0.6) is 5.88 Å². The Labute approximate surface area is 133 Å². The van der Waals surface area contributed by atoms with Gasteiger partial charge in [0.1, 0.15) is 6.10 Å². The van der Waals surface area contributed by atoms with Crippen LogP contribution in [0.4, 0.5) is 0 Å². The molecule has 1 saturated heterocycles. The Morgan fingerprint density at radius 3 is 2.73 bits per heavy atom. The molecule has 0 atom stereocenters. The molecule has 0 saturated carbocycles. The summed E-state index contributed by atoms with van der Waals surface area (Å²) >= 11 is 0. The van der Waals surface area contributed by atoms with Gasteiger partial charge in [0.15, 0.2) is 0 Å². The van der Waals surface area contributed by atoms with E-state index in [0.717, 1.165) is 38.0 Å². The highest BCUT2D eigenvalue weighted by Gasteiger charge is 2.21. The SMILES string of the molecule is Cc1ccc(OC2CCN(CCC(=O)NC(C)C)CC2)nc1. The zero-order valence-electron chi connectivity index (χ0n) is 13.8. The monoisotopic (exact) mass is 305 g/mol. The van der Waals surface area contributed by atoms with Crippen molar-refractivity contribution < 1.29 is 9.53 Å². The van der Waals surface area contributed by atoms with Crippen molar-refractivity contribution in [2.45, 2.75) is 52.2 Å². The third kappa shape index (κ3) is 5.64. The first-order chi connectivity index (χ1) is 10.5. The van der Waals surface area contributed by atoms with Crippen molar-refractivity contribution in [1.29, 1.82) is 0 Å². The van der Waals surface area contributed by atoms with Crippen molar-refractivity contribution in [1.82, 2.24) is 15.2 Å². The van der Waals surface area contributed by atoms with Gasteiger partial charge in [-0.05, 0) is 39.2 Å². The summed E-state index contributed by atoms with van der Waals surface area (Å²) in [5.41, 5.74) is 1.14. The van der Waals surface area contributed by atoms with Gasteiger partial charge in [0.2, 0.25) is 11.8 Å². The van der Waals surface area contributed by atoms with Crippen molar-refractivity contribution in [3.05, 3.63) is 23.9 Å². The average Bonchev–Trinajstić information content (AvgIpc) is 2.48. The van der Waals surface area contributed by atoms with Crippen LogP contribution in [0.1, 0.15) is 38.7 Å². The molecule has 2 rings (SSSR count). The zero-order chi connectivity index (χ0) is 15.9. The van der Waals surface area contributed by atoms with E-state index in [9.17, 15) is 4.79 Å². The number of carbonyl (C=O) groups is 1. The highest BCUT2D eigenvalue weighted by atomic mass is 16.5. The summed E-state index contributed by atoms with van der Waals surface area (Å²) in [6, 6.07) is 4.16. The maximum absolute atomic E-state index is 11.7. The van der Waals surface area contributed by atoms with Crippen LogP contribution in [-0.2, 0) is 4.79 Å². The fraction of sp³-hybridized carbons (Fsp3) is 0.647. The van der Waals surface area contributed by atoms with Crippen molar-refractivity contribution in [2.75, 3.05) is 19.6 Å². The fourth-order valence-electron chi connectivity index (χ4n) is 2.60. The number of carbonyl (C=O) groups excluding carboxylic acids is 1. The van der Waals surface area contributed by atoms with E-state index in [0.29, 0.717) is 12.3 Å². The Kier molecular flexibility index (Phi) is 6.19. The molecular formula is C17H27N3O2. The Hall–Kier alpha value is -1.62. The molecule has 1 aromatic rings. The average molecular weight is 305 g/mol. The van der Waals surface area contributed by atoms with E-state index in [4.69, 9.17) is 4.74 Å². The lowest BCUT2D eigenvalue weighted by atomic mass is 10.1. The number of aromatic nitrogens is 1. The summed E-state index contributed by atoms with van der Waals surface area (Å²) in [6.45, 7) is 8.77. The van der Waals surface area contributed by atoms with Gasteiger partial charge in [-0.15, -0.1) is 0 Å². The number of hydrogen-bond acceptors (Lipinski definition) is 4. The lowest BCUT2D eigenvalue weighted by molar-refractivity contribution is -0.122. The lowest BCUT2D eigenvalue weighted by Crippen LogP contribution is -2.40. The van der Waals surface area contributed by atoms with Gasteiger partial charge >= 0.3 is 0 Å². The highest BCUT2D eigenvalue weighted by molar-refractivity contribution is 5.76. The predicted molar refractivity (Wildman–Crippen MR) is 87.0 cm³/mol. The predicted octanol–water partition coefficient (Wildman–Crippen LogP) is 2.15. The minimum absolute atomic E-state index is 0.136. The fourth-order valence-corrected chi connectivity index (χ4v) is 2.60. The van der Waals surface area contributed by atoms with Crippen molar-refractivity contribution >= 4 is 5.91 Å². The van der Waals surface area contributed by atoms with Crippen LogP contribution in [-0.4, -0.2) is 47.6 Å². The molecule has 122 valence electrons. The normalized spacial score (nSPS) is 16.7. The van der Waals surface area contributed by atoms with Gasteiger partial charge in [0.05, 0.1) is 0 Å². The van der Waals surface area contributed by atoms with E-state index in [1.54, 1.807) is 0 Å². The Morgan fingerprint density at radius 2 is 2.14 bits per heavy atom. The lowest BCUT2D eigenvalue weighted by Gasteiger charge is -2.31. The van der Waals surface area contributed by atoms with E-state index in [-0.39, 0.29) is 18.1 Å². The van der Waals surface area contributed by atoms with E-state index in [2.05, 4.69) is 15.2 Å². The van der Waals surface area contributed by atoms with Crippen LogP contribution in [0.3, 0.4) is 0 Å². The summed E-state index contributed by atoms with van der Waals surface area (Å²) in [5, 5.41) is 2.93. The molecule has 5 heteroatoms. The zero-order valence-corrected chi connectivity index (χ0v) is 13.8. The quantitative estimate of drug-likeness (QED) is 0.875. The standard InChI is InChI=1S/C17H27N3O2/c1-13(2)19-16(21)8-11-20-9-6-15(7-10-20)22-17-5-4-14(3)12-18-17/h4-5,12-13,15H,6-11H2,1-3H3,(H,19,21). The first kappa shape index (κ1) is 16.7. The van der Waals surface area contributed by atoms with E-state index in [1.807, 2.05) is 39.1 Å². The number of rotatable bonds is 6. The maximum atomic E-state index is 11.7. The summed E-state index contributed by atoms with van der Waals surface area (Å²) in [5.74, 6) is 0.845. The molecule has 0 spiro atoms. The van der Waals surface area contributed by atoms with Crippen molar-refractivity contribution in [3.63, 3.8) is 0 Å². The first-order valence-corrected chi connectivity index (χ1v) is 8.14. The Balaban J connectivity index is 1.67. The van der Waals surface area contributed by atoms with E-state index in [1.165, 1.54) is 0 Å². The molecule has 1 fully saturated rings. The van der Waals surface area contributed by atoms with Crippen molar-refractivity contribution in [2.24, 2.45) is 0 Å². The van der Waals surface area contributed by atoms with Crippen LogP contribution in [0.25, 0.3) is 0 Å². The van der Waals surface area contributed by atoms with Gasteiger partial charge in [0, 0.05) is 44.4 Å². The number of aryl methyl sites for hydroxylation is 1. The van der Waals surface area contributed by atoms with Crippen LogP contribution in [0.15, 0.2) is 18.3 Å². The van der Waals surface area contributed by atoms with Gasteiger partial charge in [-0.25, -0.2) is 4.98 Å². The number of nitrogens with zero attached hydrogens (tertiary/aromatic N) is 2. The van der Waals surface area contributed by atoms with Gasteiger partial charge in [-0.2, -0.15) is 0 Å². The second kappa shape index (κ2) is 8.13. The van der Waals surface area contributed by atoms with Gasteiger partial charge in [0.25, 0.3) is 0 Å². The van der Waals surface area contributed by atoms with Crippen LogP contribution in [0.2, 0.25) is 0 Å². The van der Waals surface area contributed by atoms with Crippen molar-refractivity contribution in [3.8, 4) is 5.88 Å². The van der Waals surface area contributed by atoms with E-state index < -0.39 is 0 Å². The molecule has 0 radical (unpaired) electrons. The third-order valence-corrected chi connectivity index (χ3v) is 3.81.